The quantitative estimate of drug-likeness (QED) is 0.814. The minimum atomic E-state index is -4.25. The summed E-state index contributed by atoms with van der Waals surface area (Å²) in [6.07, 6.45) is -4.25. The maximum Gasteiger partial charge on any atom is 0.411 e. The third-order valence-electron chi connectivity index (χ3n) is 2.30. The van der Waals surface area contributed by atoms with Gasteiger partial charge in [0.05, 0.1) is 17.3 Å². The maximum absolute atomic E-state index is 11.8. The zero-order chi connectivity index (χ0) is 13.8. The summed E-state index contributed by atoms with van der Waals surface area (Å²) in [7, 11) is 0. The molecule has 1 heterocycles. The van der Waals surface area contributed by atoms with Crippen molar-refractivity contribution in [2.75, 3.05) is 19.8 Å². The number of aryl methyl sites for hydroxylation is 2. The van der Waals surface area contributed by atoms with Crippen molar-refractivity contribution in [1.29, 1.82) is 0 Å². The molecule has 3 nitrogen and oxygen atoms in total. The number of rotatable bonds is 6. The van der Waals surface area contributed by atoms with E-state index in [1.165, 1.54) is 0 Å². The van der Waals surface area contributed by atoms with Crippen LogP contribution in [0.15, 0.2) is 0 Å². The summed E-state index contributed by atoms with van der Waals surface area (Å²) in [5.41, 5.74) is 0.966. The molecule has 0 spiro atoms. The zero-order valence-electron chi connectivity index (χ0n) is 10.6. The molecule has 104 valence electrons. The fourth-order valence-electron chi connectivity index (χ4n) is 1.58. The predicted molar refractivity (Wildman–Crippen MR) is 64.9 cm³/mol. The number of aromatic nitrogens is 1. The minimum Gasteiger partial charge on any atom is -0.371 e. The van der Waals surface area contributed by atoms with E-state index in [1.54, 1.807) is 11.3 Å². The van der Waals surface area contributed by atoms with Crippen LogP contribution in [0.2, 0.25) is 0 Å². The van der Waals surface area contributed by atoms with Crippen molar-refractivity contribution in [2.24, 2.45) is 0 Å². The lowest BCUT2D eigenvalue weighted by Crippen LogP contribution is -2.25. The van der Waals surface area contributed by atoms with Crippen molar-refractivity contribution in [2.45, 2.75) is 33.0 Å². The van der Waals surface area contributed by atoms with Gasteiger partial charge in [-0.25, -0.2) is 4.98 Å². The Morgan fingerprint density at radius 2 is 2.06 bits per heavy atom. The summed E-state index contributed by atoms with van der Waals surface area (Å²) in [5, 5.41) is 4.11. The molecule has 18 heavy (non-hydrogen) atoms. The Labute approximate surface area is 108 Å². The van der Waals surface area contributed by atoms with Gasteiger partial charge in [0.25, 0.3) is 0 Å². The number of hydrogen-bond donors (Lipinski definition) is 1. The van der Waals surface area contributed by atoms with Gasteiger partial charge in [-0.3, -0.25) is 0 Å². The lowest BCUT2D eigenvalue weighted by Gasteiger charge is -2.13. The van der Waals surface area contributed by atoms with E-state index in [-0.39, 0.29) is 12.6 Å². The fraction of sp³-hybridized carbons (Fsp3) is 0.727. The van der Waals surface area contributed by atoms with Crippen LogP contribution in [0.3, 0.4) is 0 Å². The third-order valence-corrected chi connectivity index (χ3v) is 3.55. The van der Waals surface area contributed by atoms with Crippen LogP contribution in [0, 0.1) is 13.8 Å². The van der Waals surface area contributed by atoms with Gasteiger partial charge in [0, 0.05) is 17.5 Å². The largest absolute Gasteiger partial charge is 0.411 e. The Morgan fingerprint density at radius 1 is 1.39 bits per heavy atom. The summed E-state index contributed by atoms with van der Waals surface area (Å²) in [5.74, 6) is 0. The van der Waals surface area contributed by atoms with Crippen LogP contribution >= 0.6 is 11.3 Å². The van der Waals surface area contributed by atoms with Crippen molar-refractivity contribution in [3.8, 4) is 0 Å². The Bertz CT molecular complexity index is 379. The topological polar surface area (TPSA) is 34.2 Å². The van der Waals surface area contributed by atoms with Crippen LogP contribution < -0.4 is 5.32 Å². The zero-order valence-corrected chi connectivity index (χ0v) is 11.4. The SMILES string of the molecule is Cc1nc(C)c(C(C)NCCOCC(F)(F)F)s1. The second kappa shape index (κ2) is 6.49. The van der Waals surface area contributed by atoms with Gasteiger partial charge in [-0.15, -0.1) is 11.3 Å². The third kappa shape index (κ3) is 5.32. The van der Waals surface area contributed by atoms with Gasteiger partial charge in [-0.05, 0) is 20.8 Å². The smallest absolute Gasteiger partial charge is 0.371 e. The Morgan fingerprint density at radius 3 is 2.56 bits per heavy atom. The molecule has 0 amide bonds. The highest BCUT2D eigenvalue weighted by atomic mass is 32.1. The molecule has 0 aliphatic heterocycles. The second-order valence-corrected chi connectivity index (χ2v) is 5.26. The molecule has 0 aromatic carbocycles. The normalized spacial score (nSPS) is 13.9. The highest BCUT2D eigenvalue weighted by molar-refractivity contribution is 7.11. The molecule has 0 bridgehead atoms. The Balaban J connectivity index is 2.26. The molecule has 1 unspecified atom stereocenters. The first-order chi connectivity index (χ1) is 8.29. The summed E-state index contributed by atoms with van der Waals surface area (Å²) in [6, 6.07) is 0.0747. The van der Waals surface area contributed by atoms with Gasteiger partial charge in [0.1, 0.15) is 6.61 Å². The summed E-state index contributed by atoms with van der Waals surface area (Å²) in [6.45, 7) is 5.05. The lowest BCUT2D eigenvalue weighted by atomic mass is 10.2. The van der Waals surface area contributed by atoms with Gasteiger partial charge in [-0.1, -0.05) is 0 Å². The van der Waals surface area contributed by atoms with E-state index in [1.807, 2.05) is 20.8 Å². The molecule has 1 rings (SSSR count). The molecule has 0 saturated heterocycles. The molecule has 0 radical (unpaired) electrons. The highest BCUT2D eigenvalue weighted by Crippen LogP contribution is 2.24. The van der Waals surface area contributed by atoms with Gasteiger partial charge in [-0.2, -0.15) is 13.2 Å². The standard InChI is InChI=1S/C11H17F3N2OS/c1-7(10-8(2)16-9(3)18-10)15-4-5-17-6-11(12,13)14/h7,15H,4-6H2,1-3H3. The summed E-state index contributed by atoms with van der Waals surface area (Å²) < 4.78 is 40.0. The van der Waals surface area contributed by atoms with E-state index in [4.69, 9.17) is 0 Å². The molecule has 1 atom stereocenters. The van der Waals surface area contributed by atoms with Crippen molar-refractivity contribution in [1.82, 2.24) is 10.3 Å². The molecule has 0 aliphatic rings. The Kier molecular flexibility index (Phi) is 5.55. The van der Waals surface area contributed by atoms with Crippen LogP contribution in [0.25, 0.3) is 0 Å². The molecule has 1 aromatic rings. The van der Waals surface area contributed by atoms with Crippen molar-refractivity contribution < 1.29 is 17.9 Å². The highest BCUT2D eigenvalue weighted by Gasteiger charge is 2.27. The van der Waals surface area contributed by atoms with Crippen LogP contribution in [-0.4, -0.2) is 30.9 Å². The molecular weight excluding hydrogens is 265 g/mol. The second-order valence-electron chi connectivity index (χ2n) is 4.03. The first kappa shape index (κ1) is 15.4. The first-order valence-corrected chi connectivity index (χ1v) is 6.43. The van der Waals surface area contributed by atoms with Crippen LogP contribution in [0.5, 0.6) is 0 Å². The van der Waals surface area contributed by atoms with Crippen LogP contribution in [0.1, 0.15) is 28.5 Å². The van der Waals surface area contributed by atoms with E-state index in [0.717, 1.165) is 15.6 Å². The lowest BCUT2D eigenvalue weighted by molar-refractivity contribution is -0.173. The number of nitrogens with one attached hydrogen (secondary N) is 1. The number of hydrogen-bond acceptors (Lipinski definition) is 4. The molecule has 0 saturated carbocycles. The van der Waals surface area contributed by atoms with E-state index >= 15 is 0 Å². The van der Waals surface area contributed by atoms with Crippen molar-refractivity contribution in [3.63, 3.8) is 0 Å². The van der Waals surface area contributed by atoms with E-state index in [0.29, 0.717) is 6.54 Å². The van der Waals surface area contributed by atoms with Crippen LogP contribution in [-0.2, 0) is 4.74 Å². The molecule has 0 fully saturated rings. The summed E-state index contributed by atoms with van der Waals surface area (Å²) in [4.78, 5) is 5.42. The van der Waals surface area contributed by atoms with Crippen molar-refractivity contribution >= 4 is 11.3 Å². The van der Waals surface area contributed by atoms with Crippen LogP contribution in [0.4, 0.5) is 13.2 Å². The number of halogens is 3. The summed E-state index contributed by atoms with van der Waals surface area (Å²) >= 11 is 1.60. The number of nitrogens with zero attached hydrogens (tertiary/aromatic N) is 1. The number of thiazole rings is 1. The van der Waals surface area contributed by atoms with E-state index in [9.17, 15) is 13.2 Å². The van der Waals surface area contributed by atoms with E-state index < -0.39 is 12.8 Å². The van der Waals surface area contributed by atoms with Crippen molar-refractivity contribution in [3.05, 3.63) is 15.6 Å². The van der Waals surface area contributed by atoms with Gasteiger partial charge >= 0.3 is 6.18 Å². The fourth-order valence-corrected chi connectivity index (χ4v) is 2.53. The maximum atomic E-state index is 11.8. The average molecular weight is 282 g/mol. The minimum absolute atomic E-state index is 0.0423. The number of ether oxygens (including phenoxy) is 1. The van der Waals surface area contributed by atoms with Gasteiger partial charge in [0.2, 0.25) is 0 Å². The molecule has 0 aliphatic carbocycles. The van der Waals surface area contributed by atoms with E-state index in [2.05, 4.69) is 15.0 Å². The van der Waals surface area contributed by atoms with Gasteiger partial charge in [0.15, 0.2) is 0 Å². The molecule has 7 heteroatoms. The average Bonchev–Trinajstić information content (AvgIpc) is 2.55. The molecular formula is C11H17F3N2OS. The first-order valence-electron chi connectivity index (χ1n) is 5.61. The predicted octanol–water partition coefficient (Wildman–Crippen LogP) is 2.99. The monoisotopic (exact) mass is 282 g/mol. The Hall–Kier alpha value is -0.660. The number of alkyl halides is 3. The molecule has 1 aromatic heterocycles. The molecule has 1 N–H and O–H groups in total. The van der Waals surface area contributed by atoms with Gasteiger partial charge < -0.3 is 10.1 Å².